The van der Waals surface area contributed by atoms with Crippen LogP contribution in [0.15, 0.2) is 42.5 Å². The number of hydrogen-bond acceptors (Lipinski definition) is 3. The minimum Gasteiger partial charge on any atom is -0.316 e. The van der Waals surface area contributed by atoms with Gasteiger partial charge < -0.3 is 5.32 Å². The van der Waals surface area contributed by atoms with Gasteiger partial charge in [-0.15, -0.1) is 11.3 Å². The molecular weight excluding hydrogens is 271 g/mol. The SMILES string of the molecule is CNCc1ccc(F)cc1Cc1nc2ccccc2s1. The molecule has 2 nitrogen and oxygen atoms in total. The van der Waals surface area contributed by atoms with E-state index in [-0.39, 0.29) is 5.82 Å². The average molecular weight is 286 g/mol. The van der Waals surface area contributed by atoms with Gasteiger partial charge in [-0.05, 0) is 42.4 Å². The number of rotatable bonds is 4. The number of para-hydroxylation sites is 1. The van der Waals surface area contributed by atoms with Crippen molar-refractivity contribution in [2.75, 3.05) is 7.05 Å². The summed E-state index contributed by atoms with van der Waals surface area (Å²) >= 11 is 1.67. The molecule has 3 aromatic rings. The number of aromatic nitrogens is 1. The maximum atomic E-state index is 13.5. The predicted octanol–water partition coefficient (Wildman–Crippen LogP) is 3.75. The lowest BCUT2D eigenvalue weighted by Gasteiger charge is -2.07. The molecule has 4 heteroatoms. The van der Waals surface area contributed by atoms with Gasteiger partial charge in [0.15, 0.2) is 0 Å². The lowest BCUT2D eigenvalue weighted by atomic mass is 10.0. The lowest BCUT2D eigenvalue weighted by molar-refractivity contribution is 0.624. The maximum Gasteiger partial charge on any atom is 0.123 e. The standard InChI is InChI=1S/C16H15FN2S/c1-18-10-11-6-7-13(17)8-12(11)9-16-19-14-4-2-3-5-15(14)20-16/h2-8,18H,9-10H2,1H3. The first-order valence-corrected chi connectivity index (χ1v) is 7.34. The van der Waals surface area contributed by atoms with Gasteiger partial charge in [-0.25, -0.2) is 9.37 Å². The second-order valence-corrected chi connectivity index (χ2v) is 5.81. The van der Waals surface area contributed by atoms with Crippen LogP contribution in [0.5, 0.6) is 0 Å². The van der Waals surface area contributed by atoms with Crippen molar-refractivity contribution in [3.63, 3.8) is 0 Å². The number of nitrogens with zero attached hydrogens (tertiary/aromatic N) is 1. The van der Waals surface area contributed by atoms with Crippen LogP contribution in [0.4, 0.5) is 4.39 Å². The third-order valence-corrected chi connectivity index (χ3v) is 4.25. The van der Waals surface area contributed by atoms with Crippen molar-refractivity contribution < 1.29 is 4.39 Å². The second kappa shape index (κ2) is 5.69. The highest BCUT2D eigenvalue weighted by Gasteiger charge is 2.09. The molecule has 1 N–H and O–H groups in total. The Bertz CT molecular complexity index is 703. The third-order valence-electron chi connectivity index (χ3n) is 3.22. The van der Waals surface area contributed by atoms with Crippen LogP contribution < -0.4 is 5.32 Å². The molecule has 1 aromatic heterocycles. The highest BCUT2D eigenvalue weighted by Crippen LogP contribution is 2.25. The number of benzene rings is 2. The molecule has 3 rings (SSSR count). The van der Waals surface area contributed by atoms with E-state index in [4.69, 9.17) is 0 Å². The Kier molecular flexibility index (Phi) is 3.76. The van der Waals surface area contributed by atoms with Crippen LogP contribution in [0.1, 0.15) is 16.1 Å². The number of fused-ring (bicyclic) bond motifs is 1. The van der Waals surface area contributed by atoms with Crippen LogP contribution >= 0.6 is 11.3 Å². The van der Waals surface area contributed by atoms with E-state index in [0.29, 0.717) is 6.42 Å². The molecule has 0 saturated heterocycles. The van der Waals surface area contributed by atoms with E-state index in [1.54, 1.807) is 17.4 Å². The van der Waals surface area contributed by atoms with Gasteiger partial charge in [-0.3, -0.25) is 0 Å². The fraction of sp³-hybridized carbons (Fsp3) is 0.188. The summed E-state index contributed by atoms with van der Waals surface area (Å²) in [4.78, 5) is 4.61. The molecule has 0 aliphatic heterocycles. The van der Waals surface area contributed by atoms with Gasteiger partial charge in [0.2, 0.25) is 0 Å². The molecule has 2 aromatic carbocycles. The van der Waals surface area contributed by atoms with Gasteiger partial charge in [-0.2, -0.15) is 0 Å². The van der Waals surface area contributed by atoms with Crippen molar-refractivity contribution in [1.82, 2.24) is 10.3 Å². The number of nitrogens with one attached hydrogen (secondary N) is 1. The molecule has 0 unspecified atom stereocenters. The Hall–Kier alpha value is -1.78. The fourth-order valence-corrected chi connectivity index (χ4v) is 3.27. The van der Waals surface area contributed by atoms with Gasteiger partial charge >= 0.3 is 0 Å². The number of halogens is 1. The van der Waals surface area contributed by atoms with Crippen LogP contribution in [-0.4, -0.2) is 12.0 Å². The van der Waals surface area contributed by atoms with Gasteiger partial charge in [-0.1, -0.05) is 18.2 Å². The average Bonchev–Trinajstić information content (AvgIpc) is 2.84. The van der Waals surface area contributed by atoms with Crippen molar-refractivity contribution in [2.45, 2.75) is 13.0 Å². The Balaban J connectivity index is 1.95. The summed E-state index contributed by atoms with van der Waals surface area (Å²) in [5.41, 5.74) is 3.13. The zero-order valence-corrected chi connectivity index (χ0v) is 12.0. The molecule has 0 fully saturated rings. The topological polar surface area (TPSA) is 24.9 Å². The molecule has 0 bridgehead atoms. The van der Waals surface area contributed by atoms with Crippen LogP contribution in [-0.2, 0) is 13.0 Å². The summed E-state index contributed by atoms with van der Waals surface area (Å²) in [6.45, 7) is 0.737. The first-order chi connectivity index (χ1) is 9.76. The van der Waals surface area contributed by atoms with Crippen molar-refractivity contribution in [3.05, 3.63) is 64.4 Å². The van der Waals surface area contributed by atoms with Gasteiger partial charge in [0, 0.05) is 13.0 Å². The second-order valence-electron chi connectivity index (χ2n) is 4.70. The Morgan fingerprint density at radius 3 is 2.80 bits per heavy atom. The smallest absolute Gasteiger partial charge is 0.123 e. The molecule has 0 radical (unpaired) electrons. The van der Waals surface area contributed by atoms with Crippen LogP contribution in [0, 0.1) is 5.82 Å². The molecular formula is C16H15FN2S. The summed E-state index contributed by atoms with van der Waals surface area (Å²) in [6.07, 6.45) is 0.675. The highest BCUT2D eigenvalue weighted by molar-refractivity contribution is 7.18. The Labute approximate surface area is 121 Å². The maximum absolute atomic E-state index is 13.5. The van der Waals surface area contributed by atoms with E-state index in [1.165, 1.54) is 10.8 Å². The quantitative estimate of drug-likeness (QED) is 0.790. The van der Waals surface area contributed by atoms with Gasteiger partial charge in [0.1, 0.15) is 5.82 Å². The minimum atomic E-state index is -0.194. The lowest BCUT2D eigenvalue weighted by Crippen LogP contribution is -2.08. The third kappa shape index (κ3) is 2.71. The molecule has 0 aliphatic carbocycles. The summed E-state index contributed by atoms with van der Waals surface area (Å²) in [6, 6.07) is 13.0. The molecule has 0 saturated carbocycles. The molecule has 0 amide bonds. The van der Waals surface area contributed by atoms with Crippen LogP contribution in [0.25, 0.3) is 10.2 Å². The summed E-state index contributed by atoms with van der Waals surface area (Å²) in [7, 11) is 1.89. The van der Waals surface area contributed by atoms with Crippen molar-refractivity contribution in [3.8, 4) is 0 Å². The molecule has 0 atom stereocenters. The van der Waals surface area contributed by atoms with Gasteiger partial charge in [0.25, 0.3) is 0 Å². The zero-order valence-electron chi connectivity index (χ0n) is 11.2. The van der Waals surface area contributed by atoms with E-state index < -0.39 is 0 Å². The van der Waals surface area contributed by atoms with Crippen LogP contribution in [0.3, 0.4) is 0 Å². The van der Waals surface area contributed by atoms with Crippen molar-refractivity contribution >= 4 is 21.6 Å². The molecule has 0 spiro atoms. The summed E-state index contributed by atoms with van der Waals surface area (Å²) in [5, 5.41) is 4.14. The molecule has 0 aliphatic rings. The summed E-state index contributed by atoms with van der Waals surface area (Å²) in [5.74, 6) is -0.194. The molecule has 20 heavy (non-hydrogen) atoms. The minimum absolute atomic E-state index is 0.194. The fourth-order valence-electron chi connectivity index (χ4n) is 2.28. The zero-order chi connectivity index (χ0) is 13.9. The van der Waals surface area contributed by atoms with Crippen molar-refractivity contribution in [1.29, 1.82) is 0 Å². The Morgan fingerprint density at radius 2 is 2.00 bits per heavy atom. The first kappa shape index (κ1) is 13.2. The first-order valence-electron chi connectivity index (χ1n) is 6.52. The predicted molar refractivity (Wildman–Crippen MR) is 81.6 cm³/mol. The number of thiazole rings is 1. The Morgan fingerprint density at radius 1 is 1.15 bits per heavy atom. The monoisotopic (exact) mass is 286 g/mol. The van der Waals surface area contributed by atoms with E-state index in [1.807, 2.05) is 31.3 Å². The van der Waals surface area contributed by atoms with Crippen molar-refractivity contribution in [2.24, 2.45) is 0 Å². The van der Waals surface area contributed by atoms with Gasteiger partial charge in [0.05, 0.1) is 15.2 Å². The van der Waals surface area contributed by atoms with E-state index in [9.17, 15) is 4.39 Å². The number of hydrogen-bond donors (Lipinski definition) is 1. The molecule has 102 valence electrons. The summed E-state index contributed by atoms with van der Waals surface area (Å²) < 4.78 is 14.6. The normalized spacial score (nSPS) is 11.1. The largest absolute Gasteiger partial charge is 0.316 e. The molecule has 1 heterocycles. The van der Waals surface area contributed by atoms with E-state index in [2.05, 4.69) is 16.4 Å². The van der Waals surface area contributed by atoms with Crippen LogP contribution in [0.2, 0.25) is 0 Å². The van der Waals surface area contributed by atoms with E-state index in [0.717, 1.165) is 28.2 Å². The van der Waals surface area contributed by atoms with E-state index >= 15 is 0 Å². The highest BCUT2D eigenvalue weighted by atomic mass is 32.1.